The average molecular weight is 330 g/mol. The quantitative estimate of drug-likeness (QED) is 0.894. The van der Waals surface area contributed by atoms with Crippen molar-refractivity contribution in [3.8, 4) is 0 Å². The number of hydrogen-bond acceptors (Lipinski definition) is 2. The van der Waals surface area contributed by atoms with Crippen molar-refractivity contribution >= 4 is 35.1 Å². The van der Waals surface area contributed by atoms with E-state index in [1.165, 1.54) is 0 Å². The standard InChI is InChI=1S/C14H17Cl2N3O2/c15-9-4-5-11(12(16)7-9)13(20)19-6-2-1-3-10(19)8-18-14(17)21/h4-5,7,10H,1-3,6,8H2,(H3,17,18,21)/t10-/m0/s1. The second kappa shape index (κ2) is 7.00. The van der Waals surface area contributed by atoms with E-state index in [0.29, 0.717) is 28.7 Å². The Hall–Kier alpha value is -1.46. The molecule has 5 nitrogen and oxygen atoms in total. The van der Waals surface area contributed by atoms with Gasteiger partial charge in [0.1, 0.15) is 0 Å². The van der Waals surface area contributed by atoms with Gasteiger partial charge in [-0.15, -0.1) is 0 Å². The fourth-order valence-electron chi connectivity index (χ4n) is 2.52. The van der Waals surface area contributed by atoms with Crippen molar-refractivity contribution in [2.45, 2.75) is 25.3 Å². The topological polar surface area (TPSA) is 75.4 Å². The molecule has 2 rings (SSSR count). The van der Waals surface area contributed by atoms with Gasteiger partial charge < -0.3 is 16.0 Å². The first kappa shape index (κ1) is 15.9. The molecular formula is C14H17Cl2N3O2. The van der Waals surface area contributed by atoms with Crippen molar-refractivity contribution in [2.75, 3.05) is 13.1 Å². The highest BCUT2D eigenvalue weighted by Gasteiger charge is 2.28. The van der Waals surface area contributed by atoms with E-state index in [4.69, 9.17) is 28.9 Å². The molecule has 1 atom stereocenters. The second-order valence-electron chi connectivity index (χ2n) is 5.02. The van der Waals surface area contributed by atoms with Crippen LogP contribution in [0.4, 0.5) is 4.79 Å². The van der Waals surface area contributed by atoms with Crippen molar-refractivity contribution in [3.05, 3.63) is 33.8 Å². The molecule has 1 saturated heterocycles. The van der Waals surface area contributed by atoms with Crippen molar-refractivity contribution in [2.24, 2.45) is 5.73 Å². The molecule has 0 aliphatic carbocycles. The van der Waals surface area contributed by atoms with Gasteiger partial charge >= 0.3 is 6.03 Å². The monoisotopic (exact) mass is 329 g/mol. The van der Waals surface area contributed by atoms with E-state index < -0.39 is 6.03 Å². The summed E-state index contributed by atoms with van der Waals surface area (Å²) in [6.07, 6.45) is 2.78. The minimum absolute atomic E-state index is 0.0644. The molecule has 1 fully saturated rings. The largest absolute Gasteiger partial charge is 0.352 e. The fourth-order valence-corrected chi connectivity index (χ4v) is 3.01. The first-order valence-corrected chi connectivity index (χ1v) is 7.54. The number of rotatable bonds is 3. The molecule has 0 unspecified atom stereocenters. The predicted molar refractivity (Wildman–Crippen MR) is 82.7 cm³/mol. The van der Waals surface area contributed by atoms with E-state index >= 15 is 0 Å². The highest BCUT2D eigenvalue weighted by Crippen LogP contribution is 2.25. The summed E-state index contributed by atoms with van der Waals surface area (Å²) in [7, 11) is 0. The van der Waals surface area contributed by atoms with Crippen LogP contribution in [0.3, 0.4) is 0 Å². The SMILES string of the molecule is NC(=O)NC[C@@H]1CCCCN1C(=O)c1ccc(Cl)cc1Cl. The predicted octanol–water partition coefficient (Wildman–Crippen LogP) is 2.66. The molecular weight excluding hydrogens is 313 g/mol. The summed E-state index contributed by atoms with van der Waals surface area (Å²) in [6, 6.07) is 4.17. The summed E-state index contributed by atoms with van der Waals surface area (Å²) in [4.78, 5) is 25.2. The van der Waals surface area contributed by atoms with Gasteiger partial charge in [0.05, 0.1) is 10.6 Å². The van der Waals surface area contributed by atoms with Crippen LogP contribution in [-0.2, 0) is 0 Å². The van der Waals surface area contributed by atoms with E-state index in [9.17, 15) is 9.59 Å². The lowest BCUT2D eigenvalue weighted by Crippen LogP contribution is -2.50. The van der Waals surface area contributed by atoms with Crippen LogP contribution in [0, 0.1) is 0 Å². The number of likely N-dealkylation sites (tertiary alicyclic amines) is 1. The summed E-state index contributed by atoms with van der Waals surface area (Å²) >= 11 is 11.9. The van der Waals surface area contributed by atoms with Crippen LogP contribution in [0.1, 0.15) is 29.6 Å². The van der Waals surface area contributed by atoms with Gasteiger partial charge in [-0.3, -0.25) is 4.79 Å². The zero-order valence-electron chi connectivity index (χ0n) is 11.4. The van der Waals surface area contributed by atoms with E-state index in [1.54, 1.807) is 23.1 Å². The molecule has 1 aliphatic heterocycles. The third kappa shape index (κ3) is 4.02. The molecule has 1 heterocycles. The van der Waals surface area contributed by atoms with Gasteiger partial charge in [-0.1, -0.05) is 23.2 Å². The molecule has 0 bridgehead atoms. The smallest absolute Gasteiger partial charge is 0.312 e. The van der Waals surface area contributed by atoms with Gasteiger partial charge in [-0.05, 0) is 37.5 Å². The number of carbonyl (C=O) groups excluding carboxylic acids is 2. The molecule has 1 aromatic rings. The zero-order valence-corrected chi connectivity index (χ0v) is 13.0. The highest BCUT2D eigenvalue weighted by atomic mass is 35.5. The third-order valence-corrected chi connectivity index (χ3v) is 4.11. The van der Waals surface area contributed by atoms with Gasteiger partial charge in [-0.2, -0.15) is 0 Å². The molecule has 1 aliphatic rings. The number of nitrogens with two attached hydrogens (primary N) is 1. The Morgan fingerprint density at radius 1 is 1.33 bits per heavy atom. The van der Waals surface area contributed by atoms with Crippen LogP contribution in [0.25, 0.3) is 0 Å². The normalized spacial score (nSPS) is 18.4. The number of halogens is 2. The number of benzene rings is 1. The summed E-state index contributed by atoms with van der Waals surface area (Å²) < 4.78 is 0. The van der Waals surface area contributed by atoms with Gasteiger partial charge in [-0.25, -0.2) is 4.79 Å². The Morgan fingerprint density at radius 2 is 2.10 bits per heavy atom. The Balaban J connectivity index is 2.16. The number of hydrogen-bond donors (Lipinski definition) is 2. The van der Waals surface area contributed by atoms with Crippen molar-refractivity contribution in [3.63, 3.8) is 0 Å². The minimum Gasteiger partial charge on any atom is -0.352 e. The maximum Gasteiger partial charge on any atom is 0.312 e. The first-order chi connectivity index (χ1) is 9.99. The van der Waals surface area contributed by atoms with Gasteiger partial charge in [0.2, 0.25) is 0 Å². The zero-order chi connectivity index (χ0) is 15.4. The number of urea groups is 1. The molecule has 0 radical (unpaired) electrons. The lowest BCUT2D eigenvalue weighted by atomic mass is 10.0. The Bertz CT molecular complexity index is 551. The number of nitrogens with zero attached hydrogens (tertiary/aromatic N) is 1. The average Bonchev–Trinajstić information content (AvgIpc) is 2.45. The van der Waals surface area contributed by atoms with Crippen LogP contribution in [-0.4, -0.2) is 36.0 Å². The Labute approximate surface area is 133 Å². The van der Waals surface area contributed by atoms with E-state index in [0.717, 1.165) is 19.3 Å². The molecule has 0 spiro atoms. The lowest BCUT2D eigenvalue weighted by Gasteiger charge is -2.36. The molecule has 0 saturated carbocycles. The molecule has 114 valence electrons. The number of piperidine rings is 1. The number of carbonyl (C=O) groups is 2. The first-order valence-electron chi connectivity index (χ1n) is 6.78. The summed E-state index contributed by atoms with van der Waals surface area (Å²) in [5.41, 5.74) is 5.52. The van der Waals surface area contributed by atoms with Crippen LogP contribution in [0.15, 0.2) is 18.2 Å². The number of nitrogens with one attached hydrogen (secondary N) is 1. The van der Waals surface area contributed by atoms with Gasteiger partial charge in [0.25, 0.3) is 5.91 Å². The van der Waals surface area contributed by atoms with Crippen molar-refractivity contribution in [1.82, 2.24) is 10.2 Å². The number of primary amides is 1. The molecule has 3 amide bonds. The third-order valence-electron chi connectivity index (χ3n) is 3.56. The maximum absolute atomic E-state index is 12.6. The van der Waals surface area contributed by atoms with Gasteiger partial charge in [0.15, 0.2) is 0 Å². The maximum atomic E-state index is 12.6. The highest BCUT2D eigenvalue weighted by molar-refractivity contribution is 6.36. The van der Waals surface area contributed by atoms with Crippen LogP contribution in [0.2, 0.25) is 10.0 Å². The van der Waals surface area contributed by atoms with E-state index in [2.05, 4.69) is 5.32 Å². The van der Waals surface area contributed by atoms with E-state index in [1.807, 2.05) is 0 Å². The molecule has 3 N–H and O–H groups in total. The Kier molecular flexibility index (Phi) is 5.31. The van der Waals surface area contributed by atoms with Crippen molar-refractivity contribution < 1.29 is 9.59 Å². The van der Waals surface area contributed by atoms with Crippen molar-refractivity contribution in [1.29, 1.82) is 0 Å². The summed E-state index contributed by atoms with van der Waals surface area (Å²) in [5.74, 6) is -0.146. The second-order valence-corrected chi connectivity index (χ2v) is 5.86. The molecule has 1 aromatic carbocycles. The Morgan fingerprint density at radius 3 is 2.76 bits per heavy atom. The van der Waals surface area contributed by atoms with Crippen LogP contribution in [0.5, 0.6) is 0 Å². The van der Waals surface area contributed by atoms with Crippen LogP contribution >= 0.6 is 23.2 Å². The fraction of sp³-hybridized carbons (Fsp3) is 0.429. The molecule has 21 heavy (non-hydrogen) atoms. The minimum atomic E-state index is -0.586. The summed E-state index contributed by atoms with van der Waals surface area (Å²) in [6.45, 7) is 0.995. The molecule has 0 aromatic heterocycles. The van der Waals surface area contributed by atoms with E-state index in [-0.39, 0.29) is 11.9 Å². The van der Waals surface area contributed by atoms with Gasteiger partial charge in [0, 0.05) is 24.2 Å². The molecule has 7 heteroatoms. The lowest BCUT2D eigenvalue weighted by molar-refractivity contribution is 0.0615. The van der Waals surface area contributed by atoms with Crippen LogP contribution < -0.4 is 11.1 Å². The number of amides is 3. The summed E-state index contributed by atoms with van der Waals surface area (Å²) in [5, 5.41) is 3.39.